The summed E-state index contributed by atoms with van der Waals surface area (Å²) in [5.74, 6) is 0.0341. The Hall–Kier alpha value is -2.19. The minimum Gasteiger partial charge on any atom is -0.371 e. The largest absolute Gasteiger partial charge is 0.371 e. The second-order valence-electron chi connectivity index (χ2n) is 9.54. The molecule has 0 aliphatic carbocycles. The zero-order valence-corrected chi connectivity index (χ0v) is 20.7. The third kappa shape index (κ3) is 4.80. The normalized spacial score (nSPS) is 25.7. The number of benzene rings is 1. The summed E-state index contributed by atoms with van der Waals surface area (Å²) in [4.78, 5) is 24.5. The molecule has 1 aromatic carbocycles. The Kier molecular flexibility index (Phi) is 7.48. The van der Waals surface area contributed by atoms with Gasteiger partial charge in [-0.15, -0.1) is 24.8 Å². The Bertz CT molecular complexity index is 1130. The van der Waals surface area contributed by atoms with E-state index >= 15 is 0 Å². The van der Waals surface area contributed by atoms with Crippen LogP contribution in [0.3, 0.4) is 0 Å². The third-order valence-electron chi connectivity index (χ3n) is 7.29. The number of ether oxygens (including phenoxy) is 1. The fourth-order valence-electron chi connectivity index (χ4n) is 5.78. The summed E-state index contributed by atoms with van der Waals surface area (Å²) in [7, 11) is 0. The van der Waals surface area contributed by atoms with Crippen molar-refractivity contribution in [3.05, 3.63) is 60.0 Å². The van der Waals surface area contributed by atoms with Crippen LogP contribution in [-0.2, 0) is 17.7 Å². The molecule has 182 valence electrons. The van der Waals surface area contributed by atoms with Crippen molar-refractivity contribution in [2.45, 2.75) is 56.3 Å². The zero-order chi connectivity index (χ0) is 21.5. The van der Waals surface area contributed by atoms with Gasteiger partial charge in [0.2, 0.25) is 0 Å². The molecular formula is C25H31Cl2N5O2. The first-order valence-electron chi connectivity index (χ1n) is 11.7. The molecule has 7 nitrogen and oxygen atoms in total. The number of nitrogens with zero attached hydrogens (tertiary/aromatic N) is 4. The summed E-state index contributed by atoms with van der Waals surface area (Å²) in [6.07, 6.45) is 8.88. The number of hydrogen-bond donors (Lipinski definition) is 1. The van der Waals surface area contributed by atoms with Gasteiger partial charge in [0.25, 0.3) is 5.91 Å². The number of aryl methyl sites for hydroxylation is 2. The lowest BCUT2D eigenvalue weighted by molar-refractivity contribution is -0.122. The fourth-order valence-corrected chi connectivity index (χ4v) is 5.78. The molecule has 9 heteroatoms. The lowest BCUT2D eigenvalue weighted by atomic mass is 9.85. The number of imidazole rings is 1. The maximum absolute atomic E-state index is 13.3. The van der Waals surface area contributed by atoms with Gasteiger partial charge in [-0.2, -0.15) is 0 Å². The second kappa shape index (κ2) is 10.2. The van der Waals surface area contributed by atoms with E-state index in [9.17, 15) is 4.79 Å². The number of rotatable bonds is 4. The van der Waals surface area contributed by atoms with Crippen LogP contribution >= 0.6 is 24.8 Å². The van der Waals surface area contributed by atoms with Crippen molar-refractivity contribution in [3.8, 4) is 0 Å². The number of fused-ring (bicyclic) bond motifs is 3. The van der Waals surface area contributed by atoms with Crippen LogP contribution in [0, 0.1) is 0 Å². The SMILES string of the molecule is Cl.Cl.O=C(c1cnc2c(c1)ncn2CCc1ccccc1)N1CCOC2(C[C@H]3CC[C@@H](C2)N3)C1. The molecule has 3 aliphatic rings. The number of aromatic nitrogens is 3. The van der Waals surface area contributed by atoms with Gasteiger partial charge < -0.3 is 19.5 Å². The smallest absolute Gasteiger partial charge is 0.255 e. The van der Waals surface area contributed by atoms with E-state index in [1.165, 1.54) is 18.4 Å². The summed E-state index contributed by atoms with van der Waals surface area (Å²) in [6, 6.07) is 13.4. The first-order chi connectivity index (χ1) is 15.7. The van der Waals surface area contributed by atoms with E-state index in [4.69, 9.17) is 4.74 Å². The van der Waals surface area contributed by atoms with Crippen molar-refractivity contribution in [1.29, 1.82) is 0 Å². The van der Waals surface area contributed by atoms with Crippen LogP contribution in [0.2, 0.25) is 0 Å². The average Bonchev–Trinajstić information content (AvgIpc) is 3.39. The molecule has 0 saturated carbocycles. The molecule has 2 aromatic heterocycles. The van der Waals surface area contributed by atoms with Gasteiger partial charge in [-0.3, -0.25) is 4.79 Å². The van der Waals surface area contributed by atoms with Crippen LogP contribution in [0.1, 0.15) is 41.6 Å². The van der Waals surface area contributed by atoms with Crippen LogP contribution in [0.15, 0.2) is 48.9 Å². The Balaban J connectivity index is 0.00000137. The number of halogens is 2. The van der Waals surface area contributed by atoms with E-state index in [0.29, 0.717) is 37.3 Å². The molecule has 6 rings (SSSR count). The topological polar surface area (TPSA) is 72.3 Å². The highest BCUT2D eigenvalue weighted by atomic mass is 35.5. The van der Waals surface area contributed by atoms with E-state index in [1.807, 2.05) is 23.4 Å². The highest BCUT2D eigenvalue weighted by Gasteiger charge is 2.47. The highest BCUT2D eigenvalue weighted by Crippen LogP contribution is 2.38. The molecular weight excluding hydrogens is 473 g/mol. The lowest BCUT2D eigenvalue weighted by Crippen LogP contribution is -2.60. The summed E-state index contributed by atoms with van der Waals surface area (Å²) in [6.45, 7) is 2.72. The van der Waals surface area contributed by atoms with Crippen LogP contribution in [-0.4, -0.2) is 62.7 Å². The molecule has 34 heavy (non-hydrogen) atoms. The predicted octanol–water partition coefficient (Wildman–Crippen LogP) is 3.64. The van der Waals surface area contributed by atoms with Gasteiger partial charge >= 0.3 is 0 Å². The minimum absolute atomic E-state index is 0. The molecule has 1 spiro atoms. The van der Waals surface area contributed by atoms with Gasteiger partial charge in [0.1, 0.15) is 5.52 Å². The van der Waals surface area contributed by atoms with Gasteiger partial charge in [0.05, 0.1) is 30.6 Å². The van der Waals surface area contributed by atoms with Gasteiger partial charge in [-0.25, -0.2) is 9.97 Å². The lowest BCUT2D eigenvalue weighted by Gasteiger charge is -2.47. The molecule has 2 bridgehead atoms. The number of carbonyl (C=O) groups excluding carboxylic acids is 1. The number of piperidine rings is 1. The second-order valence-corrected chi connectivity index (χ2v) is 9.54. The number of nitrogens with one attached hydrogen (secondary N) is 1. The Morgan fingerprint density at radius 3 is 2.65 bits per heavy atom. The van der Waals surface area contributed by atoms with Crippen LogP contribution in [0.5, 0.6) is 0 Å². The molecule has 3 atom stereocenters. The van der Waals surface area contributed by atoms with E-state index in [-0.39, 0.29) is 36.3 Å². The van der Waals surface area contributed by atoms with E-state index in [0.717, 1.165) is 37.0 Å². The average molecular weight is 504 g/mol. The zero-order valence-electron chi connectivity index (χ0n) is 19.1. The molecule has 3 aromatic rings. The van der Waals surface area contributed by atoms with Crippen molar-refractivity contribution < 1.29 is 9.53 Å². The maximum atomic E-state index is 13.3. The summed E-state index contributed by atoms with van der Waals surface area (Å²) in [5.41, 5.74) is 3.30. The van der Waals surface area contributed by atoms with Crippen molar-refractivity contribution >= 4 is 41.9 Å². The Labute approximate surface area is 212 Å². The first-order valence-corrected chi connectivity index (χ1v) is 11.7. The van der Waals surface area contributed by atoms with Gasteiger partial charge in [-0.1, -0.05) is 30.3 Å². The monoisotopic (exact) mass is 503 g/mol. The Morgan fingerprint density at radius 1 is 1.12 bits per heavy atom. The Morgan fingerprint density at radius 2 is 1.88 bits per heavy atom. The van der Waals surface area contributed by atoms with E-state index in [1.54, 1.807) is 6.20 Å². The van der Waals surface area contributed by atoms with E-state index in [2.05, 4.69) is 44.1 Å². The quantitative estimate of drug-likeness (QED) is 0.588. The molecule has 1 unspecified atom stereocenters. The van der Waals surface area contributed by atoms with Crippen LogP contribution in [0.4, 0.5) is 0 Å². The maximum Gasteiger partial charge on any atom is 0.255 e. The number of pyridine rings is 1. The van der Waals surface area contributed by atoms with E-state index < -0.39 is 0 Å². The van der Waals surface area contributed by atoms with Crippen LogP contribution < -0.4 is 5.32 Å². The molecule has 3 fully saturated rings. The van der Waals surface area contributed by atoms with Crippen molar-refractivity contribution in [3.63, 3.8) is 0 Å². The predicted molar refractivity (Wildman–Crippen MR) is 136 cm³/mol. The number of carbonyl (C=O) groups is 1. The van der Waals surface area contributed by atoms with Crippen molar-refractivity contribution in [2.24, 2.45) is 0 Å². The van der Waals surface area contributed by atoms with Gasteiger partial charge in [-0.05, 0) is 43.7 Å². The highest BCUT2D eigenvalue weighted by molar-refractivity contribution is 5.96. The number of morpholine rings is 1. The minimum atomic E-state index is -0.193. The third-order valence-corrected chi connectivity index (χ3v) is 7.29. The van der Waals surface area contributed by atoms with Crippen LogP contribution in [0.25, 0.3) is 11.2 Å². The standard InChI is InChI=1S/C25H29N5O2.2ClH/c31-24(29-10-11-32-25(16-29)13-20-6-7-21(14-25)28-20)19-12-22-23(26-15-19)30(17-27-22)9-8-18-4-2-1-3-5-18;;/h1-5,12,15,17,20-21,28H,6-11,13-14,16H2;2*1H/t20-,21+,25?;;. The van der Waals surface area contributed by atoms with Crippen molar-refractivity contribution in [1.82, 2.24) is 24.8 Å². The fraction of sp³-hybridized carbons (Fsp3) is 0.480. The number of hydrogen-bond acceptors (Lipinski definition) is 5. The molecule has 0 radical (unpaired) electrons. The summed E-state index contributed by atoms with van der Waals surface area (Å²) < 4.78 is 8.34. The van der Waals surface area contributed by atoms with Crippen molar-refractivity contribution in [2.75, 3.05) is 19.7 Å². The number of amides is 1. The van der Waals surface area contributed by atoms with Gasteiger partial charge in [0.15, 0.2) is 5.65 Å². The molecule has 1 amide bonds. The molecule has 1 N–H and O–H groups in total. The molecule has 3 aliphatic heterocycles. The summed E-state index contributed by atoms with van der Waals surface area (Å²) in [5, 5.41) is 3.68. The summed E-state index contributed by atoms with van der Waals surface area (Å²) >= 11 is 0. The first kappa shape index (κ1) is 24.9. The molecule has 5 heterocycles. The van der Waals surface area contributed by atoms with Gasteiger partial charge in [0, 0.05) is 31.4 Å². The molecule has 3 saturated heterocycles.